The zero-order valence-corrected chi connectivity index (χ0v) is 8.55. The fourth-order valence-corrected chi connectivity index (χ4v) is 1.47. The van der Waals surface area contributed by atoms with E-state index < -0.39 is 0 Å². The molecule has 3 heteroatoms. The maximum absolute atomic E-state index is 11.3. The van der Waals surface area contributed by atoms with E-state index in [1.807, 2.05) is 6.92 Å². The lowest BCUT2D eigenvalue weighted by atomic mass is 10.2. The van der Waals surface area contributed by atoms with Crippen molar-refractivity contribution in [1.29, 1.82) is 0 Å². The molecule has 0 unspecified atom stereocenters. The van der Waals surface area contributed by atoms with Crippen molar-refractivity contribution in [3.63, 3.8) is 0 Å². The van der Waals surface area contributed by atoms with E-state index in [0.717, 1.165) is 18.7 Å². The first kappa shape index (κ1) is 10.2. The molecule has 13 heavy (non-hydrogen) atoms. The Balaban J connectivity index is 2.18. The average molecular weight is 182 g/mol. The van der Waals surface area contributed by atoms with Gasteiger partial charge in [0.25, 0.3) is 0 Å². The first-order valence-corrected chi connectivity index (χ1v) is 5.08. The van der Waals surface area contributed by atoms with Gasteiger partial charge in [0.2, 0.25) is 5.91 Å². The lowest BCUT2D eigenvalue weighted by Crippen LogP contribution is -2.21. The van der Waals surface area contributed by atoms with E-state index in [1.165, 1.54) is 19.3 Å². The zero-order chi connectivity index (χ0) is 9.68. The topological polar surface area (TPSA) is 32.7 Å². The van der Waals surface area contributed by atoms with E-state index in [1.54, 1.807) is 5.01 Å². The number of rotatable bonds is 5. The maximum Gasteiger partial charge on any atom is 0.248 e. The van der Waals surface area contributed by atoms with Gasteiger partial charge in [-0.1, -0.05) is 26.2 Å². The Kier molecular flexibility index (Phi) is 3.93. The van der Waals surface area contributed by atoms with Crippen molar-refractivity contribution in [1.82, 2.24) is 5.01 Å². The molecular formula is C10H18N2O. The molecule has 0 aliphatic carbocycles. The third kappa shape index (κ3) is 3.17. The van der Waals surface area contributed by atoms with Gasteiger partial charge in [-0.15, -0.1) is 0 Å². The fourth-order valence-electron chi connectivity index (χ4n) is 1.47. The normalized spacial score (nSPS) is 16.6. The Morgan fingerprint density at radius 1 is 1.38 bits per heavy atom. The largest absolute Gasteiger partial charge is 0.273 e. The van der Waals surface area contributed by atoms with Gasteiger partial charge in [-0.05, 0) is 13.3 Å². The van der Waals surface area contributed by atoms with E-state index in [-0.39, 0.29) is 5.91 Å². The zero-order valence-electron chi connectivity index (χ0n) is 8.55. The van der Waals surface area contributed by atoms with Crippen molar-refractivity contribution in [3.8, 4) is 0 Å². The second-order valence-corrected chi connectivity index (χ2v) is 3.59. The van der Waals surface area contributed by atoms with Crippen LogP contribution in [0.4, 0.5) is 0 Å². The highest BCUT2D eigenvalue weighted by molar-refractivity contribution is 6.03. The van der Waals surface area contributed by atoms with E-state index in [2.05, 4.69) is 12.0 Å². The average Bonchev–Trinajstić information content (AvgIpc) is 2.39. The molecule has 0 atom stereocenters. The Morgan fingerprint density at radius 2 is 2.15 bits per heavy atom. The van der Waals surface area contributed by atoms with Crippen molar-refractivity contribution < 1.29 is 4.79 Å². The molecule has 74 valence electrons. The highest BCUT2D eigenvalue weighted by Gasteiger charge is 2.19. The minimum atomic E-state index is 0.161. The van der Waals surface area contributed by atoms with E-state index in [0.29, 0.717) is 6.42 Å². The highest BCUT2D eigenvalue weighted by atomic mass is 16.2. The standard InChI is InChI=1S/C10H18N2O/c1-3-4-5-6-7-12-10(13)8-9(2)11-12/h3-8H2,1-2H3. The molecule has 0 aromatic rings. The Bertz CT molecular complexity index is 211. The summed E-state index contributed by atoms with van der Waals surface area (Å²) >= 11 is 0. The predicted octanol–water partition coefficient (Wildman–Crippen LogP) is 2.17. The number of hydrogen-bond acceptors (Lipinski definition) is 2. The van der Waals surface area contributed by atoms with Gasteiger partial charge in [0.15, 0.2) is 0 Å². The molecule has 0 aromatic heterocycles. The number of carbonyl (C=O) groups excluding carboxylic acids is 1. The summed E-state index contributed by atoms with van der Waals surface area (Å²) in [5.41, 5.74) is 0.945. The summed E-state index contributed by atoms with van der Waals surface area (Å²) in [5, 5.41) is 5.78. The van der Waals surface area contributed by atoms with Gasteiger partial charge in [-0.2, -0.15) is 5.10 Å². The van der Waals surface area contributed by atoms with Gasteiger partial charge in [0.05, 0.1) is 6.42 Å². The molecule has 1 rings (SSSR count). The van der Waals surface area contributed by atoms with Crippen LogP contribution in [0.2, 0.25) is 0 Å². The van der Waals surface area contributed by atoms with Crippen LogP contribution in [0, 0.1) is 0 Å². The van der Waals surface area contributed by atoms with Crippen molar-refractivity contribution >= 4 is 11.6 Å². The Labute approximate surface area is 79.8 Å². The van der Waals surface area contributed by atoms with Crippen molar-refractivity contribution in [3.05, 3.63) is 0 Å². The minimum Gasteiger partial charge on any atom is -0.273 e. The molecule has 1 aliphatic heterocycles. The van der Waals surface area contributed by atoms with Crippen LogP contribution in [0.3, 0.4) is 0 Å². The van der Waals surface area contributed by atoms with Crippen molar-refractivity contribution in [2.45, 2.75) is 46.0 Å². The summed E-state index contributed by atoms with van der Waals surface area (Å²) in [6, 6.07) is 0. The third-order valence-electron chi connectivity index (χ3n) is 2.21. The van der Waals surface area contributed by atoms with Gasteiger partial charge in [0, 0.05) is 12.3 Å². The van der Waals surface area contributed by atoms with Crippen LogP contribution in [0.15, 0.2) is 5.10 Å². The van der Waals surface area contributed by atoms with Crippen molar-refractivity contribution in [2.75, 3.05) is 6.54 Å². The van der Waals surface area contributed by atoms with Gasteiger partial charge in [-0.3, -0.25) is 4.79 Å². The molecule has 0 aromatic carbocycles. The molecule has 0 N–H and O–H groups in total. The minimum absolute atomic E-state index is 0.161. The number of carbonyl (C=O) groups is 1. The molecule has 0 bridgehead atoms. The summed E-state index contributed by atoms with van der Waals surface area (Å²) < 4.78 is 0. The fraction of sp³-hybridized carbons (Fsp3) is 0.800. The molecule has 0 radical (unpaired) electrons. The van der Waals surface area contributed by atoms with Crippen LogP contribution in [0.25, 0.3) is 0 Å². The van der Waals surface area contributed by atoms with E-state index in [9.17, 15) is 4.79 Å². The summed E-state index contributed by atoms with van der Waals surface area (Å²) in [7, 11) is 0. The van der Waals surface area contributed by atoms with Gasteiger partial charge in [0.1, 0.15) is 0 Å². The van der Waals surface area contributed by atoms with Gasteiger partial charge >= 0.3 is 0 Å². The second-order valence-electron chi connectivity index (χ2n) is 3.59. The molecule has 1 aliphatic rings. The Morgan fingerprint density at radius 3 is 2.69 bits per heavy atom. The van der Waals surface area contributed by atoms with Crippen LogP contribution in [-0.2, 0) is 4.79 Å². The molecule has 0 saturated heterocycles. The first-order valence-electron chi connectivity index (χ1n) is 5.08. The van der Waals surface area contributed by atoms with E-state index in [4.69, 9.17) is 0 Å². The molecule has 0 fully saturated rings. The Hall–Kier alpha value is -0.860. The van der Waals surface area contributed by atoms with Crippen LogP contribution < -0.4 is 0 Å². The monoisotopic (exact) mass is 182 g/mol. The molecular weight excluding hydrogens is 164 g/mol. The van der Waals surface area contributed by atoms with Gasteiger partial charge in [-0.25, -0.2) is 5.01 Å². The quantitative estimate of drug-likeness (QED) is 0.600. The van der Waals surface area contributed by atoms with Gasteiger partial charge < -0.3 is 0 Å². The summed E-state index contributed by atoms with van der Waals surface area (Å²) in [5.74, 6) is 0.161. The van der Waals surface area contributed by atoms with Crippen LogP contribution in [-0.4, -0.2) is 23.2 Å². The SMILES string of the molecule is CCCCCCN1N=C(C)CC1=O. The predicted molar refractivity (Wildman–Crippen MR) is 53.6 cm³/mol. The summed E-state index contributed by atoms with van der Waals surface area (Å²) in [6.45, 7) is 4.89. The first-order chi connectivity index (χ1) is 6.24. The summed E-state index contributed by atoms with van der Waals surface area (Å²) in [6.07, 6.45) is 5.29. The number of amides is 1. The maximum atomic E-state index is 11.3. The number of unbranched alkanes of at least 4 members (excludes halogenated alkanes) is 3. The molecule has 3 nitrogen and oxygen atoms in total. The van der Waals surface area contributed by atoms with E-state index >= 15 is 0 Å². The summed E-state index contributed by atoms with van der Waals surface area (Å²) in [4.78, 5) is 11.3. The third-order valence-corrected chi connectivity index (χ3v) is 2.21. The van der Waals surface area contributed by atoms with Crippen LogP contribution in [0.5, 0.6) is 0 Å². The lowest BCUT2D eigenvalue weighted by molar-refractivity contribution is -0.128. The molecule has 1 amide bonds. The molecule has 0 spiro atoms. The number of nitrogens with zero attached hydrogens (tertiary/aromatic N) is 2. The molecule has 1 heterocycles. The van der Waals surface area contributed by atoms with Crippen LogP contribution in [0.1, 0.15) is 46.0 Å². The smallest absolute Gasteiger partial charge is 0.248 e. The number of hydrogen-bond donors (Lipinski definition) is 0. The van der Waals surface area contributed by atoms with Crippen LogP contribution >= 0.6 is 0 Å². The lowest BCUT2D eigenvalue weighted by Gasteiger charge is -2.10. The second kappa shape index (κ2) is 5.00. The number of hydrazone groups is 1. The van der Waals surface area contributed by atoms with Crippen molar-refractivity contribution in [2.24, 2.45) is 5.10 Å². The highest BCUT2D eigenvalue weighted by Crippen LogP contribution is 2.09. The molecule has 0 saturated carbocycles.